The highest BCUT2D eigenvalue weighted by Crippen LogP contribution is 2.30. The largest absolute Gasteiger partial charge is 0.373 e. The van der Waals surface area contributed by atoms with Crippen molar-refractivity contribution in [1.29, 1.82) is 5.26 Å². The second kappa shape index (κ2) is 8.80. The highest BCUT2D eigenvalue weighted by Gasteiger charge is 2.32. The summed E-state index contributed by atoms with van der Waals surface area (Å²) in [6.45, 7) is 8.69. The van der Waals surface area contributed by atoms with E-state index < -0.39 is 17.7 Å². The summed E-state index contributed by atoms with van der Waals surface area (Å²) in [7, 11) is 0. The van der Waals surface area contributed by atoms with E-state index in [1.165, 1.54) is 18.2 Å². The van der Waals surface area contributed by atoms with E-state index in [0.29, 0.717) is 30.2 Å². The van der Waals surface area contributed by atoms with Crippen LogP contribution in [0.1, 0.15) is 42.3 Å². The summed E-state index contributed by atoms with van der Waals surface area (Å²) in [5.41, 5.74) is 1.78. The molecule has 1 saturated heterocycles. The summed E-state index contributed by atoms with van der Waals surface area (Å²) in [6.07, 6.45) is -0.126. The van der Waals surface area contributed by atoms with Gasteiger partial charge in [-0.25, -0.2) is 8.78 Å². The van der Waals surface area contributed by atoms with Crippen molar-refractivity contribution < 1.29 is 13.5 Å². The molecule has 1 N–H and O–H groups in total. The zero-order chi connectivity index (χ0) is 21.1. The molecule has 3 unspecified atom stereocenters. The van der Waals surface area contributed by atoms with Crippen LogP contribution in [-0.4, -0.2) is 46.9 Å². The number of hydrogen-bond donors (Lipinski definition) is 1. The normalized spacial score (nSPS) is 20.9. The summed E-state index contributed by atoms with van der Waals surface area (Å²) in [5, 5.41) is 20.8. The van der Waals surface area contributed by atoms with Crippen molar-refractivity contribution in [2.24, 2.45) is 0 Å². The molecule has 1 aliphatic heterocycles. The van der Waals surface area contributed by atoms with E-state index in [1.807, 2.05) is 18.7 Å². The average Bonchev–Trinajstić information content (AvgIpc) is 2.66. The standard InChI is InChI=1S/C21H25F2N5O/c1-12-10-28(11-13(2)29-12)19(20-17(22)6-5-7-18(20)23)9-25-21-16(8-24)14(3)15(4)26-27-21/h5-7,12-13,19H,9-11H2,1-4H3,(H,25,27). The molecule has 3 rings (SSSR count). The van der Waals surface area contributed by atoms with E-state index >= 15 is 0 Å². The van der Waals surface area contributed by atoms with Gasteiger partial charge in [0.05, 0.1) is 23.9 Å². The highest BCUT2D eigenvalue weighted by atomic mass is 19.1. The average molecular weight is 401 g/mol. The predicted molar refractivity (Wildman–Crippen MR) is 105 cm³/mol. The van der Waals surface area contributed by atoms with Gasteiger partial charge in [0.25, 0.3) is 0 Å². The molecule has 0 spiro atoms. The number of benzene rings is 1. The molecule has 2 heterocycles. The molecule has 6 nitrogen and oxygen atoms in total. The second-order valence-corrected chi connectivity index (χ2v) is 7.49. The molecule has 1 aromatic carbocycles. The van der Waals surface area contributed by atoms with E-state index in [2.05, 4.69) is 21.6 Å². The van der Waals surface area contributed by atoms with Gasteiger partial charge in [0, 0.05) is 25.2 Å². The number of morpholine rings is 1. The number of aromatic nitrogens is 2. The zero-order valence-electron chi connectivity index (χ0n) is 17.0. The Labute approximate surface area is 169 Å². The molecule has 1 aliphatic rings. The van der Waals surface area contributed by atoms with Gasteiger partial charge in [0.15, 0.2) is 5.82 Å². The highest BCUT2D eigenvalue weighted by molar-refractivity contribution is 5.56. The fourth-order valence-electron chi connectivity index (χ4n) is 3.78. The maximum absolute atomic E-state index is 14.6. The fraction of sp³-hybridized carbons (Fsp3) is 0.476. The van der Waals surface area contributed by atoms with Gasteiger partial charge < -0.3 is 10.1 Å². The van der Waals surface area contributed by atoms with Crippen LogP contribution in [0.4, 0.5) is 14.6 Å². The maximum Gasteiger partial charge on any atom is 0.167 e. The minimum atomic E-state index is -0.602. The number of hydrogen-bond acceptors (Lipinski definition) is 6. The molecule has 8 heteroatoms. The lowest BCUT2D eigenvalue weighted by Gasteiger charge is -2.40. The molecule has 3 atom stereocenters. The van der Waals surface area contributed by atoms with Crippen LogP contribution in [-0.2, 0) is 4.74 Å². The van der Waals surface area contributed by atoms with Gasteiger partial charge in [0.1, 0.15) is 23.3 Å². The van der Waals surface area contributed by atoms with Crippen molar-refractivity contribution in [3.05, 3.63) is 52.2 Å². The van der Waals surface area contributed by atoms with Gasteiger partial charge >= 0.3 is 0 Å². The predicted octanol–water partition coefficient (Wildman–Crippen LogP) is 3.51. The number of nitrogens with one attached hydrogen (secondary N) is 1. The number of nitriles is 1. The van der Waals surface area contributed by atoms with E-state index in [9.17, 15) is 14.0 Å². The van der Waals surface area contributed by atoms with Gasteiger partial charge in [-0.05, 0) is 45.4 Å². The van der Waals surface area contributed by atoms with Gasteiger partial charge in [-0.1, -0.05) is 6.07 Å². The van der Waals surface area contributed by atoms with Crippen LogP contribution in [0.2, 0.25) is 0 Å². The third-order valence-electron chi connectivity index (χ3n) is 5.25. The number of halogens is 2. The van der Waals surface area contributed by atoms with Crippen LogP contribution in [0.5, 0.6) is 0 Å². The number of aryl methyl sites for hydroxylation is 1. The maximum atomic E-state index is 14.6. The van der Waals surface area contributed by atoms with E-state index in [1.54, 1.807) is 13.8 Å². The third kappa shape index (κ3) is 4.52. The Morgan fingerprint density at radius 3 is 2.41 bits per heavy atom. The lowest BCUT2D eigenvalue weighted by Crippen LogP contribution is -2.48. The first-order chi connectivity index (χ1) is 13.8. The molecule has 0 radical (unpaired) electrons. The molecule has 0 aliphatic carbocycles. The number of nitrogens with zero attached hydrogens (tertiary/aromatic N) is 4. The lowest BCUT2D eigenvalue weighted by molar-refractivity contribution is -0.0801. The topological polar surface area (TPSA) is 74.1 Å². The summed E-state index contributed by atoms with van der Waals surface area (Å²) < 4.78 is 35.0. The molecule has 29 heavy (non-hydrogen) atoms. The van der Waals surface area contributed by atoms with Crippen molar-refractivity contribution in [2.45, 2.75) is 45.9 Å². The van der Waals surface area contributed by atoms with E-state index in [0.717, 1.165) is 5.56 Å². The van der Waals surface area contributed by atoms with Crippen LogP contribution >= 0.6 is 0 Å². The van der Waals surface area contributed by atoms with Crippen molar-refractivity contribution in [1.82, 2.24) is 15.1 Å². The van der Waals surface area contributed by atoms with Gasteiger partial charge in [-0.3, -0.25) is 4.90 Å². The van der Waals surface area contributed by atoms with E-state index in [-0.39, 0.29) is 24.3 Å². The van der Waals surface area contributed by atoms with Crippen LogP contribution in [0, 0.1) is 36.8 Å². The van der Waals surface area contributed by atoms with Crippen LogP contribution in [0.25, 0.3) is 0 Å². The van der Waals surface area contributed by atoms with Gasteiger partial charge in [0.2, 0.25) is 0 Å². The van der Waals surface area contributed by atoms with Crippen molar-refractivity contribution in [2.75, 3.05) is 25.0 Å². The molecule has 0 amide bonds. The van der Waals surface area contributed by atoms with E-state index in [4.69, 9.17) is 4.74 Å². The first kappa shape index (κ1) is 21.1. The Kier molecular flexibility index (Phi) is 6.40. The minimum Gasteiger partial charge on any atom is -0.373 e. The molecular formula is C21H25F2N5O. The molecule has 1 aromatic heterocycles. The molecule has 0 bridgehead atoms. The van der Waals surface area contributed by atoms with Crippen LogP contribution in [0.15, 0.2) is 18.2 Å². The smallest absolute Gasteiger partial charge is 0.167 e. The van der Waals surface area contributed by atoms with Gasteiger partial charge in [-0.2, -0.15) is 10.4 Å². The fourth-order valence-corrected chi connectivity index (χ4v) is 3.78. The molecule has 1 fully saturated rings. The number of anilines is 1. The van der Waals surface area contributed by atoms with Gasteiger partial charge in [-0.15, -0.1) is 5.10 Å². The molecule has 0 saturated carbocycles. The molecular weight excluding hydrogens is 376 g/mol. The Morgan fingerprint density at radius 1 is 1.21 bits per heavy atom. The first-order valence-electron chi connectivity index (χ1n) is 9.63. The zero-order valence-corrected chi connectivity index (χ0v) is 17.0. The van der Waals surface area contributed by atoms with Crippen LogP contribution in [0.3, 0.4) is 0 Å². The molecule has 154 valence electrons. The SMILES string of the molecule is Cc1nnc(NCC(c2c(F)cccc2F)N2CC(C)OC(C)C2)c(C#N)c1C. The minimum absolute atomic E-state index is 0.00315. The number of ether oxygens (including phenoxy) is 1. The Balaban J connectivity index is 1.95. The second-order valence-electron chi connectivity index (χ2n) is 7.49. The first-order valence-corrected chi connectivity index (χ1v) is 9.63. The van der Waals surface area contributed by atoms with Crippen molar-refractivity contribution >= 4 is 5.82 Å². The monoisotopic (exact) mass is 401 g/mol. The summed E-state index contributed by atoms with van der Waals surface area (Å²) in [6, 6.07) is 5.41. The third-order valence-corrected chi connectivity index (χ3v) is 5.25. The molecule has 2 aromatic rings. The number of rotatable bonds is 5. The van der Waals surface area contributed by atoms with Crippen molar-refractivity contribution in [3.8, 4) is 6.07 Å². The summed E-state index contributed by atoms with van der Waals surface area (Å²) in [4.78, 5) is 2.01. The Morgan fingerprint density at radius 2 is 1.83 bits per heavy atom. The Bertz CT molecular complexity index is 900. The summed E-state index contributed by atoms with van der Waals surface area (Å²) in [5.74, 6) is -0.891. The van der Waals surface area contributed by atoms with Crippen molar-refractivity contribution in [3.63, 3.8) is 0 Å². The summed E-state index contributed by atoms with van der Waals surface area (Å²) >= 11 is 0. The van der Waals surface area contributed by atoms with Crippen LogP contribution < -0.4 is 5.32 Å². The lowest BCUT2D eigenvalue weighted by atomic mass is 10.0. The Hall–Kier alpha value is -2.63. The quantitative estimate of drug-likeness (QED) is 0.827.